The molecule has 0 amide bonds. The first-order chi connectivity index (χ1) is 10.1. The molecule has 3 heteroatoms. The van der Waals surface area contributed by atoms with Crippen LogP contribution < -0.4 is 4.90 Å². The van der Waals surface area contributed by atoms with Crippen LogP contribution in [0.4, 0.5) is 5.69 Å². The molecule has 1 aromatic carbocycles. The number of fused-ring (bicyclic) bond motifs is 1. The number of hydrogen-bond acceptors (Lipinski definition) is 2. The van der Waals surface area contributed by atoms with Crippen LogP contribution in [0.3, 0.4) is 0 Å². The van der Waals surface area contributed by atoms with Crippen molar-refractivity contribution in [3.8, 4) is 0 Å². The lowest BCUT2D eigenvalue weighted by molar-refractivity contribution is 0.578. The second kappa shape index (κ2) is 6.23. The minimum absolute atomic E-state index is 0.596. The predicted octanol–water partition coefficient (Wildman–Crippen LogP) is 5.08. The van der Waals surface area contributed by atoms with Crippen molar-refractivity contribution in [1.82, 2.24) is 4.98 Å². The van der Waals surface area contributed by atoms with Crippen LogP contribution in [0.1, 0.15) is 38.8 Å². The third-order valence-corrected chi connectivity index (χ3v) is 4.45. The second-order valence-corrected chi connectivity index (χ2v) is 6.85. The fourth-order valence-corrected chi connectivity index (χ4v) is 3.37. The van der Waals surface area contributed by atoms with Crippen molar-refractivity contribution < 1.29 is 0 Å². The smallest absolute Gasteiger partial charge is 0.0721 e. The first-order valence-electron chi connectivity index (χ1n) is 7.97. The molecule has 0 spiro atoms. The molecule has 0 radical (unpaired) electrons. The van der Waals surface area contributed by atoms with Crippen molar-refractivity contribution in [2.75, 3.05) is 18.0 Å². The number of hydrogen-bond donors (Lipinski definition) is 0. The number of halogens is 1. The van der Waals surface area contributed by atoms with Crippen molar-refractivity contribution in [2.45, 2.75) is 39.5 Å². The van der Waals surface area contributed by atoms with Crippen molar-refractivity contribution in [2.24, 2.45) is 5.92 Å². The zero-order valence-electron chi connectivity index (χ0n) is 12.9. The Morgan fingerprint density at radius 1 is 1.14 bits per heavy atom. The topological polar surface area (TPSA) is 16.1 Å². The maximum Gasteiger partial charge on any atom is 0.0721 e. The van der Waals surface area contributed by atoms with E-state index in [1.807, 2.05) is 6.07 Å². The van der Waals surface area contributed by atoms with Gasteiger partial charge in [0.05, 0.1) is 10.5 Å². The summed E-state index contributed by atoms with van der Waals surface area (Å²) >= 11 is 6.50. The van der Waals surface area contributed by atoms with E-state index in [0.29, 0.717) is 5.92 Å². The Labute approximate surface area is 132 Å². The summed E-state index contributed by atoms with van der Waals surface area (Å²) in [5, 5.41) is 1.90. The van der Waals surface area contributed by atoms with Gasteiger partial charge in [0.2, 0.25) is 0 Å². The molecule has 1 fully saturated rings. The van der Waals surface area contributed by atoms with Crippen LogP contribution in [-0.2, 0) is 6.42 Å². The number of aromatic nitrogens is 1. The average Bonchev–Trinajstić information content (AvgIpc) is 2.47. The molecule has 1 aliphatic heterocycles. The average molecular weight is 303 g/mol. The van der Waals surface area contributed by atoms with Crippen molar-refractivity contribution in [3.63, 3.8) is 0 Å². The maximum absolute atomic E-state index is 6.50. The molecule has 0 saturated carbocycles. The predicted molar refractivity (Wildman–Crippen MR) is 91.4 cm³/mol. The number of rotatable bonds is 3. The first kappa shape index (κ1) is 14.6. The van der Waals surface area contributed by atoms with Gasteiger partial charge < -0.3 is 4.90 Å². The summed E-state index contributed by atoms with van der Waals surface area (Å²) in [6.45, 7) is 6.72. The Morgan fingerprint density at radius 2 is 1.90 bits per heavy atom. The van der Waals surface area contributed by atoms with Gasteiger partial charge in [-0.25, -0.2) is 0 Å². The molecular formula is C18H23ClN2. The largest absolute Gasteiger partial charge is 0.372 e. The molecular weight excluding hydrogens is 280 g/mol. The standard InChI is InChI=1S/C18H23ClN2/c1-13(2)10-14-11-17(19)16-12-15(6-7-18(16)20-14)21-8-4-3-5-9-21/h6-7,11-13H,3-5,8-10H2,1-2H3. The lowest BCUT2D eigenvalue weighted by atomic mass is 10.1. The van der Waals surface area contributed by atoms with E-state index >= 15 is 0 Å². The number of piperidine rings is 1. The molecule has 1 aliphatic rings. The van der Waals surface area contributed by atoms with E-state index in [9.17, 15) is 0 Å². The highest BCUT2D eigenvalue weighted by atomic mass is 35.5. The van der Waals surface area contributed by atoms with E-state index in [2.05, 4.69) is 36.9 Å². The van der Waals surface area contributed by atoms with Crippen molar-refractivity contribution in [1.29, 1.82) is 0 Å². The Morgan fingerprint density at radius 3 is 2.62 bits per heavy atom. The van der Waals surface area contributed by atoms with Crippen LogP contribution in [-0.4, -0.2) is 18.1 Å². The number of anilines is 1. The van der Waals surface area contributed by atoms with E-state index in [1.165, 1.54) is 24.9 Å². The fraction of sp³-hybridized carbons (Fsp3) is 0.500. The van der Waals surface area contributed by atoms with Gasteiger partial charge in [0.25, 0.3) is 0 Å². The first-order valence-corrected chi connectivity index (χ1v) is 8.35. The lowest BCUT2D eigenvalue weighted by Crippen LogP contribution is -2.29. The third kappa shape index (κ3) is 3.32. The van der Waals surface area contributed by atoms with Gasteiger partial charge >= 0.3 is 0 Å². The van der Waals surface area contributed by atoms with Crippen LogP contribution in [0.5, 0.6) is 0 Å². The van der Waals surface area contributed by atoms with E-state index in [0.717, 1.165) is 41.1 Å². The number of nitrogens with zero attached hydrogens (tertiary/aromatic N) is 2. The highest BCUT2D eigenvalue weighted by molar-refractivity contribution is 6.35. The summed E-state index contributed by atoms with van der Waals surface area (Å²) in [5.74, 6) is 0.596. The summed E-state index contributed by atoms with van der Waals surface area (Å²) in [4.78, 5) is 7.22. The molecule has 1 saturated heterocycles. The molecule has 112 valence electrons. The molecule has 2 heterocycles. The van der Waals surface area contributed by atoms with Gasteiger partial charge in [-0.1, -0.05) is 25.4 Å². The lowest BCUT2D eigenvalue weighted by Gasteiger charge is -2.29. The quantitative estimate of drug-likeness (QED) is 0.786. The van der Waals surface area contributed by atoms with E-state index in [1.54, 1.807) is 0 Å². The maximum atomic E-state index is 6.50. The summed E-state index contributed by atoms with van der Waals surface area (Å²) in [7, 11) is 0. The summed E-state index contributed by atoms with van der Waals surface area (Å²) < 4.78 is 0. The second-order valence-electron chi connectivity index (χ2n) is 6.44. The van der Waals surface area contributed by atoms with Crippen LogP contribution in [0.15, 0.2) is 24.3 Å². The van der Waals surface area contributed by atoms with E-state index < -0.39 is 0 Å². The zero-order valence-corrected chi connectivity index (χ0v) is 13.7. The minimum atomic E-state index is 0.596. The molecule has 0 bridgehead atoms. The van der Waals surface area contributed by atoms with Gasteiger partial charge in [-0.05, 0) is 55.9 Å². The van der Waals surface area contributed by atoms with Crippen LogP contribution in [0.25, 0.3) is 10.9 Å². The molecule has 0 N–H and O–H groups in total. The van der Waals surface area contributed by atoms with Crippen molar-refractivity contribution >= 4 is 28.2 Å². The molecule has 0 atom stereocenters. The monoisotopic (exact) mass is 302 g/mol. The molecule has 0 aliphatic carbocycles. The van der Waals surface area contributed by atoms with E-state index in [4.69, 9.17) is 16.6 Å². The summed E-state index contributed by atoms with van der Waals surface area (Å²) in [5.41, 5.74) is 3.38. The normalized spacial score (nSPS) is 15.9. The Hall–Kier alpha value is -1.28. The van der Waals surface area contributed by atoms with Gasteiger partial charge in [0.1, 0.15) is 0 Å². The fourth-order valence-electron chi connectivity index (χ4n) is 3.10. The van der Waals surface area contributed by atoms with Gasteiger partial charge in [-0.15, -0.1) is 0 Å². The van der Waals surface area contributed by atoms with E-state index in [-0.39, 0.29) is 0 Å². The highest BCUT2D eigenvalue weighted by Gasteiger charge is 2.13. The zero-order chi connectivity index (χ0) is 14.8. The molecule has 1 aromatic heterocycles. The molecule has 0 unspecified atom stereocenters. The summed E-state index contributed by atoms with van der Waals surface area (Å²) in [6.07, 6.45) is 4.91. The van der Waals surface area contributed by atoms with Crippen molar-refractivity contribution in [3.05, 3.63) is 35.0 Å². The molecule has 21 heavy (non-hydrogen) atoms. The van der Waals surface area contributed by atoms with Gasteiger partial charge in [0.15, 0.2) is 0 Å². The number of pyridine rings is 1. The minimum Gasteiger partial charge on any atom is -0.372 e. The van der Waals surface area contributed by atoms with Crippen LogP contribution in [0, 0.1) is 5.92 Å². The van der Waals surface area contributed by atoms with Gasteiger partial charge in [-0.2, -0.15) is 0 Å². The SMILES string of the molecule is CC(C)Cc1cc(Cl)c2cc(N3CCCCC3)ccc2n1. The molecule has 3 rings (SSSR count). The van der Waals surface area contributed by atoms with Crippen LogP contribution in [0.2, 0.25) is 5.02 Å². The third-order valence-electron chi connectivity index (χ3n) is 4.13. The molecule has 2 aromatic rings. The van der Waals surface area contributed by atoms with Gasteiger partial charge in [0, 0.05) is 29.9 Å². The highest BCUT2D eigenvalue weighted by Crippen LogP contribution is 2.29. The Kier molecular flexibility index (Phi) is 4.34. The number of benzene rings is 1. The van der Waals surface area contributed by atoms with Gasteiger partial charge in [-0.3, -0.25) is 4.98 Å². The Bertz CT molecular complexity index is 630. The van der Waals surface area contributed by atoms with Crippen LogP contribution >= 0.6 is 11.6 Å². The Balaban J connectivity index is 1.96. The molecule has 2 nitrogen and oxygen atoms in total. The summed E-state index contributed by atoms with van der Waals surface area (Å²) in [6, 6.07) is 8.55.